The highest BCUT2D eigenvalue weighted by atomic mass is 32.2. The van der Waals surface area contributed by atoms with Gasteiger partial charge in [0.25, 0.3) is 5.91 Å². The van der Waals surface area contributed by atoms with Gasteiger partial charge in [0, 0.05) is 23.3 Å². The van der Waals surface area contributed by atoms with Crippen LogP contribution in [0.3, 0.4) is 0 Å². The van der Waals surface area contributed by atoms with Gasteiger partial charge in [-0.05, 0) is 69.6 Å². The average Bonchev–Trinajstić information content (AvgIpc) is 3.73. The summed E-state index contributed by atoms with van der Waals surface area (Å²) in [5.74, 6) is -3.09. The van der Waals surface area contributed by atoms with Crippen LogP contribution in [0.5, 0.6) is 11.5 Å². The molecule has 0 radical (unpaired) electrons. The van der Waals surface area contributed by atoms with Crippen LogP contribution in [0.25, 0.3) is 10.9 Å². The number of pyridine rings is 1. The molecule has 310 valence electrons. The molecule has 1 aromatic carbocycles. The van der Waals surface area contributed by atoms with Gasteiger partial charge < -0.3 is 29.7 Å². The Morgan fingerprint density at radius 1 is 1.12 bits per heavy atom. The van der Waals surface area contributed by atoms with Crippen LogP contribution >= 0.6 is 0 Å². The highest BCUT2D eigenvalue weighted by Crippen LogP contribution is 2.50. The molecular weight excluding hydrogens is 772 g/mol. The van der Waals surface area contributed by atoms with Gasteiger partial charge in [0.2, 0.25) is 21.8 Å². The molecule has 6 atom stereocenters. The number of carbonyl (C=O) groups excluding carboxylic acids is 4. The Morgan fingerprint density at radius 3 is 2.56 bits per heavy atom. The Bertz CT molecular complexity index is 2110. The molecule has 57 heavy (non-hydrogen) atoms. The summed E-state index contributed by atoms with van der Waals surface area (Å²) < 4.78 is 87.3. The number of methoxy groups -OCH3 is 1. The number of sulfonamides is 1. The van der Waals surface area contributed by atoms with Gasteiger partial charge in [-0.15, -0.1) is 0 Å². The van der Waals surface area contributed by atoms with Crippen molar-refractivity contribution in [2.75, 3.05) is 26.0 Å². The molecule has 5 heterocycles. The summed E-state index contributed by atoms with van der Waals surface area (Å²) >= 11 is 0. The lowest BCUT2D eigenvalue weighted by atomic mass is 9.87. The monoisotopic (exact) mass is 819 g/mol. The molecular formula is C39H48F3N5O9S. The zero-order valence-corrected chi connectivity index (χ0v) is 33.1. The number of nitrogens with one attached hydrogen (secondary N) is 2. The highest BCUT2D eigenvalue weighted by Gasteiger charge is 2.65. The second kappa shape index (κ2) is 15.0. The van der Waals surface area contributed by atoms with Crippen LogP contribution in [0.2, 0.25) is 0 Å². The van der Waals surface area contributed by atoms with Crippen molar-refractivity contribution in [3.63, 3.8) is 0 Å². The largest absolute Gasteiger partial charge is 0.497 e. The Kier molecular flexibility index (Phi) is 10.7. The van der Waals surface area contributed by atoms with E-state index in [1.165, 1.54) is 24.1 Å². The molecule has 0 unspecified atom stereocenters. The van der Waals surface area contributed by atoms with E-state index in [2.05, 4.69) is 15.6 Å². The molecule has 14 nitrogen and oxygen atoms in total. The van der Waals surface area contributed by atoms with Crippen LogP contribution in [0, 0.1) is 11.8 Å². The molecule has 1 spiro atoms. The first kappa shape index (κ1) is 40.6. The predicted molar refractivity (Wildman–Crippen MR) is 200 cm³/mol. The lowest BCUT2D eigenvalue weighted by molar-refractivity contribution is -0.144. The molecule has 1 saturated carbocycles. The van der Waals surface area contributed by atoms with Gasteiger partial charge in [0.1, 0.15) is 35.1 Å². The van der Waals surface area contributed by atoms with Crippen molar-refractivity contribution in [2.24, 2.45) is 11.8 Å². The topological polar surface area (TPSA) is 174 Å². The van der Waals surface area contributed by atoms with Gasteiger partial charge in [0.05, 0.1) is 31.5 Å². The molecule has 5 aliphatic rings. The standard InChI is InChI=1S/C39H48F3N5O9S/c1-22(2)23(3)55-36(51)44-29-11-9-7-5-6-8-10-24-19-38(24,35(50)47-16-17-57(47,52)53)45-33(48)30-20-37(21-46(30)34(29)49)15-14-26-27-18-25(54-4)12-13-28(27)43-32(31(26)56-37)39(40,41)42/h8,10,12-13,18,22-24,29-30H,5-7,9,11,14-17,19-21H2,1-4H3,(H,44,51)(H,45,48)/b10-8-/t23-,24+,29-,30-,37+,38+/m0/s1. The maximum atomic E-state index is 14.7. The SMILES string of the molecule is COc1ccc2nc(C(F)(F)F)c3c(c2c1)CC[C@]1(C[C@H]2C(=O)N[C@]4(C(=O)N5CCS5(=O)=O)C[C@H]4/C=C\CCCCC[C@H](NC(=O)O[C@@H](C)C(C)C)C(=O)N2C1)O3. The van der Waals surface area contributed by atoms with Crippen LogP contribution in [-0.2, 0) is 41.7 Å². The molecule has 4 amide bonds. The lowest BCUT2D eigenvalue weighted by Crippen LogP contribution is -2.62. The molecule has 2 saturated heterocycles. The molecule has 7 rings (SSSR count). The number of allylic oxidation sites excluding steroid dienone is 1. The average molecular weight is 820 g/mol. The summed E-state index contributed by atoms with van der Waals surface area (Å²) in [6.07, 6.45) is 0.194. The van der Waals surface area contributed by atoms with Crippen molar-refractivity contribution in [2.45, 2.75) is 114 Å². The third-order valence-corrected chi connectivity index (χ3v) is 13.8. The van der Waals surface area contributed by atoms with E-state index >= 15 is 0 Å². The van der Waals surface area contributed by atoms with Gasteiger partial charge in [-0.25, -0.2) is 22.5 Å². The fraction of sp³-hybridized carbons (Fsp3) is 0.615. The fourth-order valence-corrected chi connectivity index (χ4v) is 9.37. The lowest BCUT2D eigenvalue weighted by Gasteiger charge is -2.37. The van der Waals surface area contributed by atoms with E-state index in [0.717, 1.165) is 4.31 Å². The Balaban J connectivity index is 1.27. The molecule has 2 N–H and O–H groups in total. The maximum absolute atomic E-state index is 14.7. The molecule has 18 heteroatoms. The number of rotatable bonds is 5. The van der Waals surface area contributed by atoms with Crippen molar-refractivity contribution in [1.29, 1.82) is 0 Å². The summed E-state index contributed by atoms with van der Waals surface area (Å²) in [7, 11) is -2.41. The van der Waals surface area contributed by atoms with Gasteiger partial charge >= 0.3 is 12.3 Å². The van der Waals surface area contributed by atoms with E-state index in [-0.39, 0.29) is 67.9 Å². The van der Waals surface area contributed by atoms with E-state index in [4.69, 9.17) is 14.2 Å². The highest BCUT2D eigenvalue weighted by molar-refractivity contribution is 7.90. The Labute approximate surface area is 328 Å². The number of benzene rings is 1. The number of halogens is 3. The predicted octanol–water partition coefficient (Wildman–Crippen LogP) is 4.63. The number of aryl methyl sites for hydroxylation is 1. The Morgan fingerprint density at radius 2 is 1.89 bits per heavy atom. The van der Waals surface area contributed by atoms with E-state index in [9.17, 15) is 40.8 Å². The minimum absolute atomic E-state index is 0.0212. The first-order valence-electron chi connectivity index (χ1n) is 19.5. The van der Waals surface area contributed by atoms with E-state index in [0.29, 0.717) is 36.8 Å². The number of hydrogen-bond donors (Lipinski definition) is 2. The summed E-state index contributed by atoms with van der Waals surface area (Å²) in [5.41, 5.74) is -4.01. The van der Waals surface area contributed by atoms with Gasteiger partial charge in [-0.1, -0.05) is 38.8 Å². The maximum Gasteiger partial charge on any atom is 0.437 e. The molecule has 0 bridgehead atoms. The Hall–Kier alpha value is -4.61. The smallest absolute Gasteiger partial charge is 0.437 e. The van der Waals surface area contributed by atoms with Gasteiger partial charge in [-0.2, -0.15) is 13.2 Å². The van der Waals surface area contributed by atoms with Gasteiger partial charge in [-0.3, -0.25) is 14.4 Å². The molecule has 3 fully saturated rings. The number of hydrogen-bond acceptors (Lipinski definition) is 10. The van der Waals surface area contributed by atoms with Crippen molar-refractivity contribution in [1.82, 2.24) is 24.8 Å². The summed E-state index contributed by atoms with van der Waals surface area (Å²) in [5, 5.41) is 5.90. The zero-order chi connectivity index (χ0) is 41.1. The third-order valence-electron chi connectivity index (χ3n) is 12.1. The fourth-order valence-electron chi connectivity index (χ4n) is 8.29. The number of alkyl carbamates (subject to hydrolysis) is 1. The molecule has 4 aliphatic heterocycles. The quantitative estimate of drug-likeness (QED) is 0.405. The summed E-state index contributed by atoms with van der Waals surface area (Å²) in [4.78, 5) is 61.5. The molecule has 1 aliphatic carbocycles. The zero-order valence-electron chi connectivity index (χ0n) is 32.3. The minimum atomic E-state index is -4.92. The van der Waals surface area contributed by atoms with E-state index in [1.807, 2.05) is 19.9 Å². The first-order chi connectivity index (χ1) is 26.9. The van der Waals surface area contributed by atoms with Crippen LogP contribution < -0.4 is 20.1 Å². The van der Waals surface area contributed by atoms with Crippen LogP contribution in [0.15, 0.2) is 30.4 Å². The van der Waals surface area contributed by atoms with Crippen molar-refractivity contribution in [3.05, 3.63) is 41.6 Å². The second-order valence-electron chi connectivity index (χ2n) is 16.2. The number of aromatic nitrogens is 1. The normalized spacial score (nSPS) is 29.7. The van der Waals surface area contributed by atoms with E-state index in [1.54, 1.807) is 19.1 Å². The van der Waals surface area contributed by atoms with Crippen molar-refractivity contribution < 1.29 is 55.0 Å². The number of ether oxygens (including phenoxy) is 3. The number of fused-ring (bicyclic) bond motifs is 5. The molecule has 1 aromatic heterocycles. The van der Waals surface area contributed by atoms with Crippen molar-refractivity contribution >= 4 is 44.7 Å². The minimum Gasteiger partial charge on any atom is -0.497 e. The second-order valence-corrected chi connectivity index (χ2v) is 18.2. The number of carbonyl (C=O) groups is 4. The van der Waals surface area contributed by atoms with Crippen LogP contribution in [-0.4, -0.2) is 102 Å². The number of alkyl halides is 3. The number of nitrogens with zero attached hydrogens (tertiary/aromatic N) is 3. The molecule has 2 aromatic rings. The van der Waals surface area contributed by atoms with Gasteiger partial charge in [0.15, 0.2) is 11.4 Å². The van der Waals surface area contributed by atoms with E-state index < -0.39 is 86.7 Å². The van der Waals surface area contributed by atoms with Crippen LogP contribution in [0.4, 0.5) is 18.0 Å². The summed E-state index contributed by atoms with van der Waals surface area (Å²) in [6.45, 7) is 5.10. The van der Waals surface area contributed by atoms with Crippen molar-refractivity contribution in [3.8, 4) is 11.5 Å². The van der Waals surface area contributed by atoms with Crippen LogP contribution in [0.1, 0.15) is 83.4 Å². The first-order valence-corrected chi connectivity index (χ1v) is 21.1. The summed E-state index contributed by atoms with van der Waals surface area (Å²) in [6, 6.07) is 2.00. The third kappa shape index (κ3) is 7.72. The number of amides is 4.